The Labute approximate surface area is 170 Å². The fraction of sp³-hybridized carbons (Fsp3) is 0.143. The summed E-state index contributed by atoms with van der Waals surface area (Å²) in [5.41, 5.74) is 1.74. The summed E-state index contributed by atoms with van der Waals surface area (Å²) in [6, 6.07) is 13.4. The molecule has 0 fully saturated rings. The van der Waals surface area contributed by atoms with Gasteiger partial charge >= 0.3 is 0 Å². The van der Waals surface area contributed by atoms with Crippen molar-refractivity contribution < 1.29 is 9.21 Å². The Balaban J connectivity index is 1.56. The largest absolute Gasteiger partial charge is 0.442 e. The number of aromatic nitrogens is 3. The molecule has 0 aliphatic rings. The molecule has 8 heteroatoms. The first-order chi connectivity index (χ1) is 14.0. The van der Waals surface area contributed by atoms with E-state index in [1.807, 2.05) is 36.4 Å². The number of carbonyl (C=O) groups is 1. The minimum Gasteiger partial charge on any atom is -0.442 e. The second-order valence-corrected chi connectivity index (χ2v) is 7.48. The van der Waals surface area contributed by atoms with E-state index in [2.05, 4.69) is 15.3 Å². The Kier molecular flexibility index (Phi) is 5.18. The van der Waals surface area contributed by atoms with Gasteiger partial charge in [0.15, 0.2) is 0 Å². The van der Waals surface area contributed by atoms with Crippen LogP contribution in [0.3, 0.4) is 0 Å². The fourth-order valence-electron chi connectivity index (χ4n) is 2.98. The van der Waals surface area contributed by atoms with Gasteiger partial charge in [-0.15, -0.1) is 11.8 Å². The smallest absolute Gasteiger partial charge is 0.265 e. The number of thioether (sulfide) groups is 1. The van der Waals surface area contributed by atoms with E-state index in [0.29, 0.717) is 11.4 Å². The Morgan fingerprint density at radius 2 is 2.07 bits per heavy atom. The van der Waals surface area contributed by atoms with E-state index >= 15 is 0 Å². The van der Waals surface area contributed by atoms with Gasteiger partial charge in [-0.05, 0) is 36.8 Å². The topological polar surface area (TPSA) is 90.0 Å². The number of benzene rings is 1. The average molecular weight is 406 g/mol. The lowest BCUT2D eigenvalue weighted by Gasteiger charge is -2.07. The Bertz CT molecular complexity index is 1250. The van der Waals surface area contributed by atoms with Crippen LogP contribution in [0, 0.1) is 6.92 Å². The molecule has 146 valence electrons. The Morgan fingerprint density at radius 1 is 1.21 bits per heavy atom. The number of nitrogens with one attached hydrogen (secondary N) is 1. The highest BCUT2D eigenvalue weighted by molar-refractivity contribution is 7.98. The van der Waals surface area contributed by atoms with E-state index in [-0.39, 0.29) is 22.2 Å². The van der Waals surface area contributed by atoms with Crippen molar-refractivity contribution in [1.29, 1.82) is 0 Å². The molecule has 1 aromatic carbocycles. The van der Waals surface area contributed by atoms with E-state index in [9.17, 15) is 9.59 Å². The highest BCUT2D eigenvalue weighted by atomic mass is 32.2. The molecule has 0 unspecified atom stereocenters. The lowest BCUT2D eigenvalue weighted by atomic mass is 10.1. The predicted molar refractivity (Wildman–Crippen MR) is 112 cm³/mol. The van der Waals surface area contributed by atoms with E-state index in [4.69, 9.17) is 4.42 Å². The van der Waals surface area contributed by atoms with Gasteiger partial charge in [0.1, 0.15) is 17.5 Å². The lowest BCUT2D eigenvalue weighted by Crippen LogP contribution is -2.20. The molecule has 0 saturated heterocycles. The van der Waals surface area contributed by atoms with Crippen LogP contribution in [-0.4, -0.2) is 20.4 Å². The molecule has 29 heavy (non-hydrogen) atoms. The fourth-order valence-corrected chi connectivity index (χ4v) is 3.79. The number of hydrogen-bond acceptors (Lipinski definition) is 6. The molecule has 0 spiro atoms. The van der Waals surface area contributed by atoms with Gasteiger partial charge in [-0.3, -0.25) is 9.59 Å². The van der Waals surface area contributed by atoms with Crippen molar-refractivity contribution >= 4 is 34.5 Å². The standard InChI is InChI=1S/C21H18N4O3S/c1-13-17(18-20(28-13)23-12-25(2)21(18)27)19(26)24-15-7-5-6-14(10-15)11-29-16-8-3-4-9-22-16/h3-10,12H,11H2,1-2H3,(H,24,26). The monoisotopic (exact) mass is 406 g/mol. The van der Waals surface area contributed by atoms with E-state index in [1.54, 1.807) is 38.0 Å². The lowest BCUT2D eigenvalue weighted by molar-refractivity contribution is 0.102. The highest BCUT2D eigenvalue weighted by Crippen LogP contribution is 2.24. The zero-order valence-electron chi connectivity index (χ0n) is 15.9. The van der Waals surface area contributed by atoms with Gasteiger partial charge in [0.2, 0.25) is 5.71 Å². The first kappa shape index (κ1) is 18.9. The first-order valence-corrected chi connectivity index (χ1v) is 9.90. The minimum atomic E-state index is -0.402. The second-order valence-electron chi connectivity index (χ2n) is 6.49. The van der Waals surface area contributed by atoms with Gasteiger partial charge in [0, 0.05) is 24.7 Å². The maximum absolute atomic E-state index is 12.9. The predicted octanol–water partition coefficient (Wildman–Crippen LogP) is 3.77. The Hall–Kier alpha value is -3.39. The zero-order valence-corrected chi connectivity index (χ0v) is 16.7. The van der Waals surface area contributed by atoms with Crippen molar-refractivity contribution in [3.8, 4) is 0 Å². The number of furan rings is 1. The first-order valence-electron chi connectivity index (χ1n) is 8.92. The number of anilines is 1. The highest BCUT2D eigenvalue weighted by Gasteiger charge is 2.22. The summed E-state index contributed by atoms with van der Waals surface area (Å²) < 4.78 is 6.83. The van der Waals surface area contributed by atoms with Crippen LogP contribution in [-0.2, 0) is 12.8 Å². The molecule has 1 amide bonds. The molecule has 4 aromatic rings. The van der Waals surface area contributed by atoms with Crippen molar-refractivity contribution in [1.82, 2.24) is 14.5 Å². The number of rotatable bonds is 5. The van der Waals surface area contributed by atoms with Crippen LogP contribution < -0.4 is 10.9 Å². The molecular weight excluding hydrogens is 388 g/mol. The number of hydrogen-bond donors (Lipinski definition) is 1. The Morgan fingerprint density at radius 3 is 2.86 bits per heavy atom. The summed E-state index contributed by atoms with van der Waals surface area (Å²) in [5.74, 6) is 0.676. The zero-order chi connectivity index (χ0) is 20.4. The summed E-state index contributed by atoms with van der Waals surface area (Å²) in [4.78, 5) is 33.8. The van der Waals surface area contributed by atoms with E-state index in [0.717, 1.165) is 16.3 Å². The summed E-state index contributed by atoms with van der Waals surface area (Å²) >= 11 is 1.62. The van der Waals surface area contributed by atoms with Gasteiger partial charge in [0.25, 0.3) is 11.5 Å². The molecule has 3 aromatic heterocycles. The van der Waals surface area contributed by atoms with Crippen LogP contribution in [0.15, 0.2) is 69.2 Å². The van der Waals surface area contributed by atoms with Crippen LogP contribution in [0.1, 0.15) is 21.7 Å². The number of pyridine rings is 1. The molecule has 7 nitrogen and oxygen atoms in total. The molecule has 0 saturated carbocycles. The van der Waals surface area contributed by atoms with Gasteiger partial charge in [-0.25, -0.2) is 9.97 Å². The van der Waals surface area contributed by atoms with E-state index in [1.165, 1.54) is 10.9 Å². The number of amides is 1. The van der Waals surface area contributed by atoms with Crippen LogP contribution >= 0.6 is 11.8 Å². The SMILES string of the molecule is Cc1oc2ncn(C)c(=O)c2c1C(=O)Nc1cccc(CSc2ccccn2)c1. The van der Waals surface area contributed by atoms with E-state index < -0.39 is 5.91 Å². The molecule has 4 rings (SSSR count). The van der Waals surface area contributed by atoms with Crippen molar-refractivity contribution in [2.75, 3.05) is 5.32 Å². The van der Waals surface area contributed by atoms with Crippen molar-refractivity contribution in [3.63, 3.8) is 0 Å². The van der Waals surface area contributed by atoms with Crippen LogP contribution in [0.4, 0.5) is 5.69 Å². The normalized spacial score (nSPS) is 11.0. The van der Waals surface area contributed by atoms with Crippen LogP contribution in [0.2, 0.25) is 0 Å². The second kappa shape index (κ2) is 7.92. The van der Waals surface area contributed by atoms with Gasteiger partial charge in [-0.2, -0.15) is 0 Å². The molecule has 0 bridgehead atoms. The quantitative estimate of drug-likeness (QED) is 0.508. The molecule has 0 atom stereocenters. The summed E-state index contributed by atoms with van der Waals surface area (Å²) in [5, 5.41) is 3.99. The van der Waals surface area contributed by atoms with Gasteiger partial charge < -0.3 is 14.3 Å². The molecule has 0 aliphatic heterocycles. The third-order valence-electron chi connectivity index (χ3n) is 4.38. The van der Waals surface area contributed by atoms with Crippen LogP contribution in [0.25, 0.3) is 11.1 Å². The third kappa shape index (κ3) is 3.93. The molecule has 0 aliphatic carbocycles. The number of fused-ring (bicyclic) bond motifs is 1. The van der Waals surface area contributed by atoms with Crippen molar-refractivity contribution in [2.24, 2.45) is 7.05 Å². The van der Waals surface area contributed by atoms with Gasteiger partial charge in [-0.1, -0.05) is 18.2 Å². The summed E-state index contributed by atoms with van der Waals surface area (Å²) in [7, 11) is 1.58. The summed E-state index contributed by atoms with van der Waals surface area (Å²) in [6.07, 6.45) is 3.13. The summed E-state index contributed by atoms with van der Waals surface area (Å²) in [6.45, 7) is 1.65. The molecule has 3 heterocycles. The van der Waals surface area contributed by atoms with Gasteiger partial charge in [0.05, 0.1) is 10.6 Å². The molecule has 1 N–H and O–H groups in total. The third-order valence-corrected chi connectivity index (χ3v) is 5.40. The number of nitrogens with zero attached hydrogens (tertiary/aromatic N) is 3. The minimum absolute atomic E-state index is 0.163. The van der Waals surface area contributed by atoms with Crippen molar-refractivity contribution in [2.45, 2.75) is 17.7 Å². The maximum Gasteiger partial charge on any atom is 0.265 e. The van der Waals surface area contributed by atoms with Crippen LogP contribution in [0.5, 0.6) is 0 Å². The average Bonchev–Trinajstić information content (AvgIpc) is 3.07. The molecule has 0 radical (unpaired) electrons. The molecular formula is C21H18N4O3S. The maximum atomic E-state index is 12.9. The number of carbonyl (C=O) groups excluding carboxylic acids is 1. The van der Waals surface area contributed by atoms with Crippen molar-refractivity contribution in [3.05, 3.63) is 82.2 Å². The number of aryl methyl sites for hydroxylation is 2.